The second-order valence-corrected chi connectivity index (χ2v) is 5.19. The van der Waals surface area contributed by atoms with Crippen LogP contribution in [0.15, 0.2) is 24.3 Å². The third-order valence-electron chi connectivity index (χ3n) is 3.14. The monoisotopic (exact) mass is 265 g/mol. The van der Waals surface area contributed by atoms with Crippen molar-refractivity contribution in [2.24, 2.45) is 5.73 Å². The molecular weight excluding hydrogens is 246 g/mol. The Kier molecular flexibility index (Phi) is 3.89. The molecule has 0 aliphatic carbocycles. The first-order chi connectivity index (χ1) is 8.87. The van der Waals surface area contributed by atoms with Gasteiger partial charge in [0.15, 0.2) is 5.79 Å². The summed E-state index contributed by atoms with van der Waals surface area (Å²) in [5.74, 6) is -1.45. The molecule has 1 aromatic carbocycles. The van der Waals surface area contributed by atoms with E-state index in [0.29, 0.717) is 6.61 Å². The zero-order valence-corrected chi connectivity index (χ0v) is 11.1. The lowest BCUT2D eigenvalue weighted by Crippen LogP contribution is -2.19. The minimum atomic E-state index is -0.897. The van der Waals surface area contributed by atoms with Crippen LogP contribution in [0, 0.1) is 0 Å². The fourth-order valence-corrected chi connectivity index (χ4v) is 2.12. The molecule has 0 saturated carbocycles. The first-order valence-corrected chi connectivity index (χ1v) is 6.26. The number of nitrogens with two attached hydrogens (primary N) is 1. The van der Waals surface area contributed by atoms with Crippen molar-refractivity contribution in [3.63, 3.8) is 0 Å². The highest BCUT2D eigenvalue weighted by molar-refractivity contribution is 5.67. The van der Waals surface area contributed by atoms with Gasteiger partial charge >= 0.3 is 5.97 Å². The molecule has 5 heteroatoms. The summed E-state index contributed by atoms with van der Waals surface area (Å²) in [6.07, 6.45) is -0.158. The highest BCUT2D eigenvalue weighted by Crippen LogP contribution is 2.33. The number of carbonyl (C=O) groups is 1. The Balaban J connectivity index is 2.05. The van der Waals surface area contributed by atoms with Crippen molar-refractivity contribution < 1.29 is 19.4 Å². The van der Waals surface area contributed by atoms with Gasteiger partial charge in [-0.15, -0.1) is 0 Å². The van der Waals surface area contributed by atoms with Crippen LogP contribution in [-0.4, -0.2) is 23.5 Å². The Hall–Kier alpha value is -1.43. The molecule has 0 spiro atoms. The number of ether oxygens (including phenoxy) is 2. The van der Waals surface area contributed by atoms with Crippen molar-refractivity contribution in [3.05, 3.63) is 35.4 Å². The number of benzene rings is 1. The maximum absolute atomic E-state index is 10.6. The second-order valence-electron chi connectivity index (χ2n) is 5.19. The molecule has 0 bridgehead atoms. The predicted octanol–water partition coefficient (Wildman–Crippen LogP) is 1.99. The number of hydrogen-bond donors (Lipinski definition) is 2. The molecule has 1 saturated heterocycles. The van der Waals surface area contributed by atoms with Crippen LogP contribution >= 0.6 is 0 Å². The summed E-state index contributed by atoms with van der Waals surface area (Å²) in [4.78, 5) is 10.6. The highest BCUT2D eigenvalue weighted by atomic mass is 16.7. The molecular formula is C14H19NO4. The van der Waals surface area contributed by atoms with Crippen molar-refractivity contribution in [2.45, 2.75) is 38.2 Å². The van der Waals surface area contributed by atoms with Gasteiger partial charge in [-0.2, -0.15) is 0 Å². The SMILES string of the molecule is CC1(C)OCC(c2ccc(C(N)CC(=O)O)cc2)O1. The Morgan fingerprint density at radius 2 is 2.11 bits per heavy atom. The van der Waals surface area contributed by atoms with Crippen molar-refractivity contribution in [1.82, 2.24) is 0 Å². The number of rotatable bonds is 4. The quantitative estimate of drug-likeness (QED) is 0.870. The molecule has 5 nitrogen and oxygen atoms in total. The van der Waals surface area contributed by atoms with Gasteiger partial charge in [0.05, 0.1) is 13.0 Å². The third kappa shape index (κ3) is 3.53. The van der Waals surface area contributed by atoms with Crippen LogP contribution in [0.1, 0.15) is 43.5 Å². The summed E-state index contributed by atoms with van der Waals surface area (Å²) in [6, 6.07) is 7.03. The minimum absolute atomic E-state index is 0.0740. The first-order valence-electron chi connectivity index (χ1n) is 6.26. The molecule has 19 heavy (non-hydrogen) atoms. The van der Waals surface area contributed by atoms with Crippen molar-refractivity contribution in [3.8, 4) is 0 Å². The minimum Gasteiger partial charge on any atom is -0.481 e. The molecule has 1 heterocycles. The number of hydrogen-bond acceptors (Lipinski definition) is 4. The van der Waals surface area contributed by atoms with E-state index >= 15 is 0 Å². The van der Waals surface area contributed by atoms with Crippen LogP contribution in [-0.2, 0) is 14.3 Å². The topological polar surface area (TPSA) is 81.8 Å². The Morgan fingerprint density at radius 1 is 1.47 bits per heavy atom. The Morgan fingerprint density at radius 3 is 2.58 bits per heavy atom. The largest absolute Gasteiger partial charge is 0.481 e. The fourth-order valence-electron chi connectivity index (χ4n) is 2.12. The summed E-state index contributed by atoms with van der Waals surface area (Å²) in [7, 11) is 0. The smallest absolute Gasteiger partial charge is 0.305 e. The normalized spacial score (nSPS) is 23.2. The second kappa shape index (κ2) is 5.28. The standard InChI is InChI=1S/C14H19NO4/c1-14(2)18-8-12(19-14)10-5-3-9(4-6-10)11(15)7-13(16)17/h3-6,11-12H,7-8,15H2,1-2H3,(H,16,17). The number of carboxylic acids is 1. The van der Waals surface area contributed by atoms with E-state index in [1.165, 1.54) is 0 Å². The van der Waals surface area contributed by atoms with Crippen LogP contribution in [0.4, 0.5) is 0 Å². The van der Waals surface area contributed by atoms with Gasteiger partial charge in [-0.25, -0.2) is 0 Å². The summed E-state index contributed by atoms with van der Waals surface area (Å²) in [5.41, 5.74) is 7.63. The predicted molar refractivity (Wildman–Crippen MR) is 69.5 cm³/mol. The van der Waals surface area contributed by atoms with E-state index in [0.717, 1.165) is 11.1 Å². The molecule has 1 aromatic rings. The van der Waals surface area contributed by atoms with Crippen LogP contribution < -0.4 is 5.73 Å². The highest BCUT2D eigenvalue weighted by Gasteiger charge is 2.33. The molecule has 104 valence electrons. The van der Waals surface area contributed by atoms with E-state index in [2.05, 4.69) is 0 Å². The van der Waals surface area contributed by atoms with Crippen molar-refractivity contribution in [2.75, 3.05) is 6.61 Å². The molecule has 3 N–H and O–H groups in total. The van der Waals surface area contributed by atoms with Gasteiger partial charge in [0.1, 0.15) is 6.10 Å². The first kappa shape index (κ1) is 14.0. The van der Waals surface area contributed by atoms with Gasteiger partial charge in [-0.3, -0.25) is 4.79 Å². The molecule has 1 aliphatic heterocycles. The molecule has 2 atom stereocenters. The average Bonchev–Trinajstić information content (AvgIpc) is 2.69. The van der Waals surface area contributed by atoms with Crippen molar-refractivity contribution >= 4 is 5.97 Å². The van der Waals surface area contributed by atoms with E-state index in [4.69, 9.17) is 20.3 Å². The zero-order valence-electron chi connectivity index (χ0n) is 11.1. The lowest BCUT2D eigenvalue weighted by molar-refractivity contribution is -0.139. The van der Waals surface area contributed by atoms with Gasteiger partial charge in [0, 0.05) is 6.04 Å². The third-order valence-corrected chi connectivity index (χ3v) is 3.14. The van der Waals surface area contributed by atoms with E-state index in [9.17, 15) is 4.79 Å². The molecule has 1 aliphatic rings. The molecule has 0 aromatic heterocycles. The molecule has 1 fully saturated rings. The van der Waals surface area contributed by atoms with E-state index in [1.807, 2.05) is 38.1 Å². The van der Waals surface area contributed by atoms with Crippen LogP contribution in [0.2, 0.25) is 0 Å². The van der Waals surface area contributed by atoms with Crippen LogP contribution in [0.25, 0.3) is 0 Å². The summed E-state index contributed by atoms with van der Waals surface area (Å²) >= 11 is 0. The maximum atomic E-state index is 10.6. The summed E-state index contributed by atoms with van der Waals surface area (Å²) in [6.45, 7) is 4.28. The fraction of sp³-hybridized carbons (Fsp3) is 0.500. The Labute approximate surface area is 112 Å². The summed E-state index contributed by atoms with van der Waals surface area (Å²) < 4.78 is 11.3. The molecule has 2 unspecified atom stereocenters. The van der Waals surface area contributed by atoms with Gasteiger partial charge in [0.25, 0.3) is 0 Å². The average molecular weight is 265 g/mol. The lowest BCUT2D eigenvalue weighted by Gasteiger charge is -2.17. The van der Waals surface area contributed by atoms with E-state index in [1.54, 1.807) is 0 Å². The van der Waals surface area contributed by atoms with Crippen LogP contribution in [0.5, 0.6) is 0 Å². The molecule has 0 radical (unpaired) electrons. The zero-order chi connectivity index (χ0) is 14.0. The lowest BCUT2D eigenvalue weighted by atomic mass is 10.0. The van der Waals surface area contributed by atoms with Gasteiger partial charge in [0.2, 0.25) is 0 Å². The summed E-state index contributed by atoms with van der Waals surface area (Å²) in [5, 5.41) is 8.71. The molecule has 0 amide bonds. The van der Waals surface area contributed by atoms with Gasteiger partial charge in [-0.05, 0) is 25.0 Å². The van der Waals surface area contributed by atoms with Gasteiger partial charge < -0.3 is 20.3 Å². The van der Waals surface area contributed by atoms with E-state index in [-0.39, 0.29) is 12.5 Å². The Bertz CT molecular complexity index is 455. The van der Waals surface area contributed by atoms with Crippen LogP contribution in [0.3, 0.4) is 0 Å². The maximum Gasteiger partial charge on any atom is 0.305 e. The molecule has 2 rings (SSSR count). The van der Waals surface area contributed by atoms with Gasteiger partial charge in [-0.1, -0.05) is 24.3 Å². The number of aliphatic carboxylic acids is 1. The van der Waals surface area contributed by atoms with E-state index < -0.39 is 17.8 Å². The number of carboxylic acid groups (broad SMARTS) is 1. The van der Waals surface area contributed by atoms with Crippen molar-refractivity contribution in [1.29, 1.82) is 0 Å².